The second-order valence-corrected chi connectivity index (χ2v) is 5.45. The number of rotatable bonds is 3. The van der Waals surface area contributed by atoms with E-state index in [1.54, 1.807) is 6.26 Å². The van der Waals surface area contributed by atoms with Crippen molar-refractivity contribution in [2.24, 2.45) is 11.8 Å². The molecule has 3 nitrogen and oxygen atoms in total. The quantitative estimate of drug-likeness (QED) is 0.868. The molecule has 1 N–H and O–H groups in total. The highest BCUT2D eigenvalue weighted by molar-refractivity contribution is 4.98. The van der Waals surface area contributed by atoms with E-state index in [9.17, 15) is 0 Å². The van der Waals surface area contributed by atoms with Crippen LogP contribution < -0.4 is 5.32 Å². The van der Waals surface area contributed by atoms with E-state index in [-0.39, 0.29) is 0 Å². The van der Waals surface area contributed by atoms with Crippen molar-refractivity contribution in [2.75, 3.05) is 26.2 Å². The highest BCUT2D eigenvalue weighted by Gasteiger charge is 2.30. The summed E-state index contributed by atoms with van der Waals surface area (Å²) in [6.07, 6.45) is 5.90. The predicted molar refractivity (Wildman–Crippen MR) is 67.7 cm³/mol. The summed E-state index contributed by atoms with van der Waals surface area (Å²) >= 11 is 0. The molecule has 0 bridgehead atoms. The molecule has 0 aliphatic carbocycles. The van der Waals surface area contributed by atoms with Gasteiger partial charge in [0.25, 0.3) is 0 Å². The Morgan fingerprint density at radius 2 is 2.12 bits per heavy atom. The second-order valence-electron chi connectivity index (χ2n) is 5.45. The Morgan fingerprint density at radius 1 is 1.24 bits per heavy atom. The Morgan fingerprint density at radius 3 is 2.88 bits per heavy atom. The molecule has 0 aromatic carbocycles. The number of nitrogens with one attached hydrogen (secondary N) is 1. The third-order valence-corrected chi connectivity index (χ3v) is 4.32. The standard InChI is InChI=1S/C14H22N2O/c1-2-14(17-9-1)11-16-8-5-13(10-16)12-3-6-15-7-4-12/h1-2,9,12-13,15H,3-8,10-11H2. The minimum atomic E-state index is 0.923. The summed E-state index contributed by atoms with van der Waals surface area (Å²) in [5, 5.41) is 3.46. The van der Waals surface area contributed by atoms with Crippen LogP contribution in [0.4, 0.5) is 0 Å². The average molecular weight is 234 g/mol. The van der Waals surface area contributed by atoms with Gasteiger partial charge >= 0.3 is 0 Å². The van der Waals surface area contributed by atoms with Crippen LogP contribution in [-0.2, 0) is 6.54 Å². The molecule has 0 radical (unpaired) electrons. The maximum Gasteiger partial charge on any atom is 0.117 e. The fraction of sp³-hybridized carbons (Fsp3) is 0.714. The Labute approximate surface area is 103 Å². The van der Waals surface area contributed by atoms with Crippen molar-refractivity contribution in [1.82, 2.24) is 10.2 Å². The summed E-state index contributed by atoms with van der Waals surface area (Å²) < 4.78 is 5.42. The molecule has 1 aromatic rings. The zero-order valence-corrected chi connectivity index (χ0v) is 10.4. The molecule has 1 aromatic heterocycles. The normalized spacial score (nSPS) is 27.6. The molecule has 2 saturated heterocycles. The molecule has 94 valence electrons. The van der Waals surface area contributed by atoms with E-state index < -0.39 is 0 Å². The van der Waals surface area contributed by atoms with Crippen molar-refractivity contribution >= 4 is 0 Å². The first-order valence-electron chi connectivity index (χ1n) is 6.87. The predicted octanol–water partition coefficient (Wildman–Crippen LogP) is 2.10. The van der Waals surface area contributed by atoms with Gasteiger partial charge in [0.15, 0.2) is 0 Å². The minimum absolute atomic E-state index is 0.923. The zero-order valence-electron chi connectivity index (χ0n) is 10.4. The van der Waals surface area contributed by atoms with Crippen molar-refractivity contribution in [3.8, 4) is 0 Å². The third kappa shape index (κ3) is 2.72. The van der Waals surface area contributed by atoms with Crippen LogP contribution in [-0.4, -0.2) is 31.1 Å². The fourth-order valence-corrected chi connectivity index (χ4v) is 3.33. The number of hydrogen-bond acceptors (Lipinski definition) is 3. The summed E-state index contributed by atoms with van der Waals surface area (Å²) in [5.41, 5.74) is 0. The van der Waals surface area contributed by atoms with E-state index in [2.05, 4.69) is 16.3 Å². The van der Waals surface area contributed by atoms with Gasteiger partial charge < -0.3 is 9.73 Å². The highest BCUT2D eigenvalue weighted by atomic mass is 16.3. The van der Waals surface area contributed by atoms with Crippen LogP contribution in [0.15, 0.2) is 22.8 Å². The van der Waals surface area contributed by atoms with Crippen molar-refractivity contribution in [2.45, 2.75) is 25.8 Å². The summed E-state index contributed by atoms with van der Waals surface area (Å²) in [6.45, 7) is 5.95. The highest BCUT2D eigenvalue weighted by Crippen LogP contribution is 2.30. The molecule has 2 aliphatic heterocycles. The van der Waals surface area contributed by atoms with E-state index in [0.29, 0.717) is 0 Å². The molecule has 1 atom stereocenters. The zero-order chi connectivity index (χ0) is 11.5. The van der Waals surface area contributed by atoms with Gasteiger partial charge in [-0.2, -0.15) is 0 Å². The van der Waals surface area contributed by atoms with Gasteiger partial charge in [0.1, 0.15) is 5.76 Å². The van der Waals surface area contributed by atoms with Crippen LogP contribution in [0.3, 0.4) is 0 Å². The number of hydrogen-bond donors (Lipinski definition) is 1. The minimum Gasteiger partial charge on any atom is -0.468 e. The van der Waals surface area contributed by atoms with Crippen LogP contribution in [0.2, 0.25) is 0 Å². The molecular formula is C14H22N2O. The Hall–Kier alpha value is -0.800. The third-order valence-electron chi connectivity index (χ3n) is 4.32. The molecule has 3 rings (SSSR count). The van der Waals surface area contributed by atoms with Crippen molar-refractivity contribution in [3.05, 3.63) is 24.2 Å². The molecule has 1 unspecified atom stereocenters. The van der Waals surface area contributed by atoms with Gasteiger partial charge in [-0.15, -0.1) is 0 Å². The van der Waals surface area contributed by atoms with E-state index in [0.717, 1.165) is 24.1 Å². The van der Waals surface area contributed by atoms with Gasteiger partial charge in [-0.05, 0) is 62.9 Å². The van der Waals surface area contributed by atoms with Gasteiger partial charge in [0.05, 0.1) is 12.8 Å². The number of furan rings is 1. The van der Waals surface area contributed by atoms with E-state index in [1.165, 1.54) is 45.4 Å². The van der Waals surface area contributed by atoms with Crippen molar-refractivity contribution in [1.29, 1.82) is 0 Å². The molecular weight excluding hydrogens is 212 g/mol. The average Bonchev–Trinajstić information content (AvgIpc) is 3.02. The van der Waals surface area contributed by atoms with Gasteiger partial charge in [0, 0.05) is 6.54 Å². The van der Waals surface area contributed by atoms with Crippen molar-refractivity contribution < 1.29 is 4.42 Å². The molecule has 3 heteroatoms. The maximum atomic E-state index is 5.42. The van der Waals surface area contributed by atoms with Crippen molar-refractivity contribution in [3.63, 3.8) is 0 Å². The summed E-state index contributed by atoms with van der Waals surface area (Å²) in [6, 6.07) is 4.06. The van der Waals surface area contributed by atoms with Gasteiger partial charge in [-0.3, -0.25) is 4.90 Å². The van der Waals surface area contributed by atoms with E-state index in [4.69, 9.17) is 4.42 Å². The second kappa shape index (κ2) is 5.23. The van der Waals surface area contributed by atoms with E-state index >= 15 is 0 Å². The summed E-state index contributed by atoms with van der Waals surface area (Å²) in [5.74, 6) is 2.99. The van der Waals surface area contributed by atoms with Gasteiger partial charge in [-0.25, -0.2) is 0 Å². The SMILES string of the molecule is c1coc(CN2CCC(C3CCNCC3)C2)c1. The first-order chi connectivity index (χ1) is 8.42. The lowest BCUT2D eigenvalue weighted by Crippen LogP contribution is -2.32. The molecule has 0 saturated carbocycles. The number of likely N-dealkylation sites (tertiary alicyclic amines) is 1. The molecule has 0 spiro atoms. The Balaban J connectivity index is 1.51. The fourth-order valence-electron chi connectivity index (χ4n) is 3.33. The number of nitrogens with zero attached hydrogens (tertiary/aromatic N) is 1. The molecule has 2 fully saturated rings. The lowest BCUT2D eigenvalue weighted by atomic mass is 9.84. The Kier molecular flexibility index (Phi) is 3.48. The lowest BCUT2D eigenvalue weighted by molar-refractivity contribution is 0.234. The van der Waals surface area contributed by atoms with Crippen LogP contribution in [0.25, 0.3) is 0 Å². The van der Waals surface area contributed by atoms with Gasteiger partial charge in [0.2, 0.25) is 0 Å². The largest absolute Gasteiger partial charge is 0.468 e. The molecule has 3 heterocycles. The van der Waals surface area contributed by atoms with Gasteiger partial charge in [-0.1, -0.05) is 0 Å². The first-order valence-corrected chi connectivity index (χ1v) is 6.87. The monoisotopic (exact) mass is 234 g/mol. The van der Waals surface area contributed by atoms with E-state index in [1.807, 2.05) is 6.07 Å². The van der Waals surface area contributed by atoms with Crippen LogP contribution in [0.5, 0.6) is 0 Å². The smallest absolute Gasteiger partial charge is 0.117 e. The maximum absolute atomic E-state index is 5.42. The molecule has 17 heavy (non-hydrogen) atoms. The Bertz CT molecular complexity index is 330. The summed E-state index contributed by atoms with van der Waals surface area (Å²) in [4.78, 5) is 2.55. The lowest BCUT2D eigenvalue weighted by Gasteiger charge is -2.28. The van der Waals surface area contributed by atoms with Crippen LogP contribution in [0, 0.1) is 11.8 Å². The topological polar surface area (TPSA) is 28.4 Å². The molecule has 2 aliphatic rings. The van der Waals surface area contributed by atoms with Crippen LogP contribution >= 0.6 is 0 Å². The van der Waals surface area contributed by atoms with Crippen LogP contribution in [0.1, 0.15) is 25.0 Å². The molecule has 0 amide bonds. The summed E-state index contributed by atoms with van der Waals surface area (Å²) in [7, 11) is 0. The first kappa shape index (κ1) is 11.3. The number of piperidine rings is 1.